The van der Waals surface area contributed by atoms with Gasteiger partial charge < -0.3 is 4.74 Å². The molecule has 0 aromatic carbocycles. The molecule has 1 spiro atoms. The Morgan fingerprint density at radius 3 is 2.45 bits per heavy atom. The third-order valence-electron chi connectivity index (χ3n) is 12.4. The quantitative estimate of drug-likeness (QED) is 0.395. The summed E-state index contributed by atoms with van der Waals surface area (Å²) >= 11 is 0. The molecule has 5 saturated carbocycles. The minimum Gasteiger partial charge on any atom is -0.378 e. The van der Waals surface area contributed by atoms with Gasteiger partial charge in [-0.3, -0.25) is 0 Å². The van der Waals surface area contributed by atoms with E-state index in [1.165, 1.54) is 57.8 Å². The Morgan fingerprint density at radius 1 is 0.903 bits per heavy atom. The van der Waals surface area contributed by atoms with Gasteiger partial charge in [-0.15, -0.1) is 0 Å². The highest BCUT2D eigenvalue weighted by atomic mass is 16.5. The molecule has 0 aliphatic heterocycles. The predicted molar refractivity (Wildman–Crippen MR) is 131 cm³/mol. The van der Waals surface area contributed by atoms with E-state index >= 15 is 0 Å². The first-order chi connectivity index (χ1) is 14.7. The lowest BCUT2D eigenvalue weighted by Gasteiger charge is -2.61. The van der Waals surface area contributed by atoms with Crippen LogP contribution in [0.25, 0.3) is 0 Å². The highest BCUT2D eigenvalue weighted by molar-refractivity contribution is 5.22. The Morgan fingerprint density at radius 2 is 1.71 bits per heavy atom. The van der Waals surface area contributed by atoms with E-state index in [4.69, 9.17) is 4.74 Å². The Balaban J connectivity index is 1.31. The van der Waals surface area contributed by atoms with Crippen molar-refractivity contribution in [3.8, 4) is 0 Å². The fourth-order valence-electron chi connectivity index (χ4n) is 10.8. The topological polar surface area (TPSA) is 9.23 Å². The average molecular weight is 429 g/mol. The summed E-state index contributed by atoms with van der Waals surface area (Å²) in [7, 11) is 0. The Kier molecular flexibility index (Phi) is 5.89. The third kappa shape index (κ3) is 3.40. The van der Waals surface area contributed by atoms with Crippen molar-refractivity contribution in [2.75, 3.05) is 6.61 Å². The van der Waals surface area contributed by atoms with Crippen molar-refractivity contribution in [1.29, 1.82) is 0 Å². The van der Waals surface area contributed by atoms with Crippen LogP contribution >= 0.6 is 0 Å². The zero-order valence-electron chi connectivity index (χ0n) is 21.7. The van der Waals surface area contributed by atoms with Crippen LogP contribution < -0.4 is 0 Å². The van der Waals surface area contributed by atoms with Gasteiger partial charge in [-0.1, -0.05) is 53.9 Å². The molecule has 0 amide bonds. The molecule has 0 aromatic rings. The van der Waals surface area contributed by atoms with E-state index in [2.05, 4.69) is 41.5 Å². The van der Waals surface area contributed by atoms with Crippen LogP contribution in [0.1, 0.15) is 119 Å². The molecule has 5 fully saturated rings. The average Bonchev–Trinajstić information content (AvgIpc) is 3.29. The zero-order valence-corrected chi connectivity index (χ0v) is 21.7. The summed E-state index contributed by atoms with van der Waals surface area (Å²) in [5.41, 5.74) is 1.94. The van der Waals surface area contributed by atoms with Crippen LogP contribution in [-0.4, -0.2) is 12.7 Å². The summed E-state index contributed by atoms with van der Waals surface area (Å²) in [4.78, 5) is 0. The Hall–Kier alpha value is -0.0400. The van der Waals surface area contributed by atoms with Gasteiger partial charge in [0.1, 0.15) is 0 Å². The van der Waals surface area contributed by atoms with Gasteiger partial charge in [0.25, 0.3) is 0 Å². The van der Waals surface area contributed by atoms with Gasteiger partial charge in [0.2, 0.25) is 0 Å². The zero-order chi connectivity index (χ0) is 22.0. The van der Waals surface area contributed by atoms with Crippen molar-refractivity contribution in [2.24, 2.45) is 57.7 Å². The molecule has 0 saturated heterocycles. The molecule has 1 nitrogen and oxygen atoms in total. The number of hydrogen-bond acceptors (Lipinski definition) is 1. The van der Waals surface area contributed by atoms with Crippen molar-refractivity contribution in [3.63, 3.8) is 0 Å². The second-order valence-corrected chi connectivity index (χ2v) is 13.9. The standard InChI is InChI=1S/C30H52O/c1-7-31-23-13-16-29(6)27-14-15-28(5)25(21(4)10-8-9-20(2)3)11-12-26(28)24(27)17-22-18-30(22,29)19-23/h20-27H,7-19H2,1-6H3. The van der Waals surface area contributed by atoms with Gasteiger partial charge >= 0.3 is 0 Å². The van der Waals surface area contributed by atoms with Crippen LogP contribution in [0.15, 0.2) is 0 Å². The van der Waals surface area contributed by atoms with Gasteiger partial charge in [-0.05, 0) is 122 Å². The molecule has 1 heteroatoms. The van der Waals surface area contributed by atoms with Crippen molar-refractivity contribution in [3.05, 3.63) is 0 Å². The maximum absolute atomic E-state index is 6.18. The SMILES string of the molecule is CCOC1CCC2(C)C3CCC4(C)C(C(C)CCCC(C)C)CCC4C3CC3CC32C1. The molecular weight excluding hydrogens is 376 g/mol. The molecule has 0 radical (unpaired) electrons. The molecule has 0 bridgehead atoms. The van der Waals surface area contributed by atoms with Crippen LogP contribution in [0.2, 0.25) is 0 Å². The lowest BCUT2D eigenvalue weighted by molar-refractivity contribution is -0.144. The van der Waals surface area contributed by atoms with Crippen molar-refractivity contribution >= 4 is 0 Å². The summed E-state index contributed by atoms with van der Waals surface area (Å²) < 4.78 is 6.18. The third-order valence-corrected chi connectivity index (χ3v) is 12.4. The molecule has 0 heterocycles. The number of rotatable bonds is 7. The number of fused-ring (bicyclic) bond motifs is 4. The smallest absolute Gasteiger partial charge is 0.0580 e. The highest BCUT2D eigenvalue weighted by Gasteiger charge is 2.73. The molecule has 0 aromatic heterocycles. The molecular formula is C30H52O. The van der Waals surface area contributed by atoms with Crippen LogP contribution in [0.4, 0.5) is 0 Å². The fraction of sp³-hybridized carbons (Fsp3) is 1.00. The Bertz CT molecular complexity index is 655. The largest absolute Gasteiger partial charge is 0.378 e. The van der Waals surface area contributed by atoms with Gasteiger partial charge in [-0.2, -0.15) is 0 Å². The molecule has 10 unspecified atom stereocenters. The minimum atomic E-state index is 0.566. The maximum atomic E-state index is 6.18. The van der Waals surface area contributed by atoms with E-state index in [1.807, 2.05) is 0 Å². The van der Waals surface area contributed by atoms with E-state index in [0.717, 1.165) is 48.0 Å². The first-order valence-electron chi connectivity index (χ1n) is 14.4. The van der Waals surface area contributed by atoms with Crippen LogP contribution in [0.3, 0.4) is 0 Å². The predicted octanol–water partition coefficient (Wildman–Crippen LogP) is 8.51. The summed E-state index contributed by atoms with van der Waals surface area (Å²) in [6, 6.07) is 0. The van der Waals surface area contributed by atoms with Crippen molar-refractivity contribution < 1.29 is 4.74 Å². The normalized spacial score (nSPS) is 51.6. The summed E-state index contributed by atoms with van der Waals surface area (Å²) in [6.45, 7) is 16.0. The van der Waals surface area contributed by atoms with Crippen LogP contribution in [-0.2, 0) is 4.74 Å². The molecule has 0 N–H and O–H groups in total. The van der Waals surface area contributed by atoms with Gasteiger partial charge in [-0.25, -0.2) is 0 Å². The first-order valence-corrected chi connectivity index (χ1v) is 14.4. The van der Waals surface area contributed by atoms with Crippen molar-refractivity contribution in [2.45, 2.75) is 125 Å². The lowest BCUT2D eigenvalue weighted by Crippen LogP contribution is -2.55. The molecule has 5 aliphatic carbocycles. The minimum absolute atomic E-state index is 0.566. The molecule has 31 heavy (non-hydrogen) atoms. The lowest BCUT2D eigenvalue weighted by atomic mass is 9.44. The van der Waals surface area contributed by atoms with E-state index in [9.17, 15) is 0 Å². The first kappa shape index (κ1) is 22.7. The monoisotopic (exact) mass is 428 g/mol. The van der Waals surface area contributed by atoms with Crippen molar-refractivity contribution in [1.82, 2.24) is 0 Å². The Labute approximate surface area is 193 Å². The molecule has 5 rings (SSSR count). The van der Waals surface area contributed by atoms with Gasteiger partial charge in [0.05, 0.1) is 6.10 Å². The molecule has 5 aliphatic rings. The number of ether oxygens (including phenoxy) is 1. The number of hydrogen-bond donors (Lipinski definition) is 0. The van der Waals surface area contributed by atoms with E-state index in [0.29, 0.717) is 22.3 Å². The second-order valence-electron chi connectivity index (χ2n) is 13.9. The van der Waals surface area contributed by atoms with E-state index in [1.54, 1.807) is 19.3 Å². The van der Waals surface area contributed by atoms with Gasteiger partial charge in [0.15, 0.2) is 0 Å². The van der Waals surface area contributed by atoms with E-state index in [-0.39, 0.29) is 0 Å². The summed E-state index contributed by atoms with van der Waals surface area (Å²) in [5, 5.41) is 0. The molecule has 10 atom stereocenters. The van der Waals surface area contributed by atoms with Gasteiger partial charge in [0, 0.05) is 6.61 Å². The maximum Gasteiger partial charge on any atom is 0.0580 e. The van der Waals surface area contributed by atoms with Crippen LogP contribution in [0, 0.1) is 57.7 Å². The van der Waals surface area contributed by atoms with Crippen LogP contribution in [0.5, 0.6) is 0 Å². The van der Waals surface area contributed by atoms with E-state index < -0.39 is 0 Å². The summed E-state index contributed by atoms with van der Waals surface area (Å²) in [6.07, 6.45) is 18.4. The fourth-order valence-corrected chi connectivity index (χ4v) is 10.8. The molecule has 178 valence electrons. The summed E-state index contributed by atoms with van der Waals surface area (Å²) in [5.74, 6) is 6.93. The highest BCUT2D eigenvalue weighted by Crippen LogP contribution is 2.81. The second kappa shape index (κ2) is 8.02.